The summed E-state index contributed by atoms with van der Waals surface area (Å²) >= 11 is 26.1. The molecule has 214 valence electrons. The second-order valence-corrected chi connectivity index (χ2v) is 11.9. The fraction of sp³-hybridized carbons (Fsp3) is 0.0645. The van der Waals surface area contributed by atoms with Crippen LogP contribution in [-0.2, 0) is 9.59 Å². The first-order valence-corrected chi connectivity index (χ1v) is 14.9. The first-order chi connectivity index (χ1) is 20.1. The highest BCUT2D eigenvalue weighted by molar-refractivity contribution is 8.00. The number of amides is 3. The van der Waals surface area contributed by atoms with Gasteiger partial charge in [0.05, 0.1) is 16.0 Å². The number of hydrogen-bond acceptors (Lipinski definition) is 4. The lowest BCUT2D eigenvalue weighted by Gasteiger charge is -2.15. The van der Waals surface area contributed by atoms with Crippen molar-refractivity contribution in [3.63, 3.8) is 0 Å². The molecule has 11 heteroatoms. The van der Waals surface area contributed by atoms with E-state index in [9.17, 15) is 14.4 Å². The molecule has 6 nitrogen and oxygen atoms in total. The van der Waals surface area contributed by atoms with Crippen molar-refractivity contribution in [3.05, 3.63) is 128 Å². The lowest BCUT2D eigenvalue weighted by atomic mass is 10.1. The van der Waals surface area contributed by atoms with E-state index in [0.717, 1.165) is 4.90 Å². The van der Waals surface area contributed by atoms with Crippen LogP contribution in [0.3, 0.4) is 0 Å². The third-order valence-electron chi connectivity index (χ3n) is 5.78. The number of rotatable bonds is 9. The van der Waals surface area contributed by atoms with Gasteiger partial charge < -0.3 is 16.0 Å². The van der Waals surface area contributed by atoms with E-state index in [0.29, 0.717) is 42.6 Å². The summed E-state index contributed by atoms with van der Waals surface area (Å²) in [5.74, 6) is -1.35. The zero-order valence-electron chi connectivity index (χ0n) is 22.0. The Bertz CT molecular complexity index is 1640. The van der Waals surface area contributed by atoms with Crippen LogP contribution in [0.2, 0.25) is 20.1 Å². The molecule has 0 radical (unpaired) electrons. The Hall–Kier alpha value is -3.46. The summed E-state index contributed by atoms with van der Waals surface area (Å²) < 4.78 is 0. The summed E-state index contributed by atoms with van der Waals surface area (Å²) in [4.78, 5) is 39.9. The molecule has 4 rings (SSSR count). The molecule has 3 N–H and O–H groups in total. The number of benzene rings is 4. The van der Waals surface area contributed by atoms with Gasteiger partial charge in [-0.1, -0.05) is 76.7 Å². The third kappa shape index (κ3) is 8.53. The maximum atomic E-state index is 13.4. The van der Waals surface area contributed by atoms with Gasteiger partial charge in [0.1, 0.15) is 5.70 Å². The molecule has 42 heavy (non-hydrogen) atoms. The van der Waals surface area contributed by atoms with Crippen molar-refractivity contribution >= 4 is 93.3 Å². The van der Waals surface area contributed by atoms with E-state index < -0.39 is 17.1 Å². The average molecular weight is 659 g/mol. The van der Waals surface area contributed by atoms with Crippen molar-refractivity contribution in [3.8, 4) is 0 Å². The molecule has 0 saturated carbocycles. The summed E-state index contributed by atoms with van der Waals surface area (Å²) in [6.07, 6.45) is 1.42. The molecular weight excluding hydrogens is 636 g/mol. The van der Waals surface area contributed by atoms with Gasteiger partial charge in [0, 0.05) is 36.8 Å². The monoisotopic (exact) mass is 657 g/mol. The number of carbonyl (C=O) groups excluding carboxylic acids is 3. The van der Waals surface area contributed by atoms with Crippen molar-refractivity contribution in [2.75, 3.05) is 10.6 Å². The highest BCUT2D eigenvalue weighted by Crippen LogP contribution is 2.30. The molecule has 1 unspecified atom stereocenters. The SMILES string of the molecule is CC(Sc1cccc(NC(=O)/C(=C\c2c(Cl)cccc2Cl)NC(=O)c2ccccc2)c1)C(=O)Nc1cc(Cl)ccc1Cl. The van der Waals surface area contributed by atoms with Gasteiger partial charge in [-0.3, -0.25) is 14.4 Å². The van der Waals surface area contributed by atoms with E-state index in [1.165, 1.54) is 17.8 Å². The second-order valence-electron chi connectivity index (χ2n) is 8.87. The number of hydrogen-bond donors (Lipinski definition) is 3. The predicted octanol–water partition coefficient (Wildman–Crippen LogP) is 8.83. The van der Waals surface area contributed by atoms with Crippen LogP contribution in [-0.4, -0.2) is 23.0 Å². The molecule has 0 aromatic heterocycles. The van der Waals surface area contributed by atoms with Crippen molar-refractivity contribution in [1.82, 2.24) is 5.32 Å². The van der Waals surface area contributed by atoms with Crippen molar-refractivity contribution in [1.29, 1.82) is 0 Å². The Morgan fingerprint density at radius 3 is 2.17 bits per heavy atom. The molecule has 0 aliphatic rings. The Labute approximate surface area is 267 Å². The lowest BCUT2D eigenvalue weighted by molar-refractivity contribution is -0.115. The zero-order chi connectivity index (χ0) is 30.2. The maximum Gasteiger partial charge on any atom is 0.272 e. The topological polar surface area (TPSA) is 87.3 Å². The third-order valence-corrected chi connectivity index (χ3v) is 8.10. The molecule has 0 fully saturated rings. The van der Waals surface area contributed by atoms with E-state index in [-0.39, 0.29) is 11.6 Å². The summed E-state index contributed by atoms with van der Waals surface area (Å²) in [5.41, 5.74) is 1.54. The van der Waals surface area contributed by atoms with E-state index in [1.54, 1.807) is 91.9 Å². The van der Waals surface area contributed by atoms with Crippen LogP contribution in [0.1, 0.15) is 22.8 Å². The maximum absolute atomic E-state index is 13.4. The zero-order valence-corrected chi connectivity index (χ0v) is 25.8. The summed E-state index contributed by atoms with van der Waals surface area (Å²) in [6.45, 7) is 1.75. The minimum absolute atomic E-state index is 0.0666. The standard InChI is InChI=1S/C31H23Cl4N3O3S/c1-18(29(39)37-27-15-20(32)13-14-26(27)35)42-22-10-5-9-21(16-22)36-31(41)28(17-23-24(33)11-6-12-25(23)34)38-30(40)19-7-3-2-4-8-19/h2-18H,1H3,(H,36,41)(H,37,39)(H,38,40)/b28-17+. The molecule has 4 aromatic carbocycles. The largest absolute Gasteiger partial charge is 0.324 e. The molecule has 1 atom stereocenters. The van der Waals surface area contributed by atoms with Crippen molar-refractivity contribution in [2.24, 2.45) is 0 Å². The van der Waals surface area contributed by atoms with Gasteiger partial charge in [-0.05, 0) is 73.7 Å². The van der Waals surface area contributed by atoms with Gasteiger partial charge in [0.2, 0.25) is 5.91 Å². The first-order valence-electron chi connectivity index (χ1n) is 12.5. The molecule has 0 aliphatic carbocycles. The quantitative estimate of drug-likeness (QED) is 0.124. The van der Waals surface area contributed by atoms with Crippen LogP contribution in [0.25, 0.3) is 6.08 Å². The molecule has 3 amide bonds. The van der Waals surface area contributed by atoms with Crippen LogP contribution in [0.5, 0.6) is 0 Å². The van der Waals surface area contributed by atoms with Gasteiger partial charge in [0.25, 0.3) is 11.8 Å². The number of thioether (sulfide) groups is 1. The lowest BCUT2D eigenvalue weighted by Crippen LogP contribution is -2.30. The van der Waals surface area contributed by atoms with Crippen LogP contribution >= 0.6 is 58.2 Å². The van der Waals surface area contributed by atoms with Gasteiger partial charge in [-0.2, -0.15) is 0 Å². The van der Waals surface area contributed by atoms with Gasteiger partial charge in [0.15, 0.2) is 0 Å². The number of carbonyl (C=O) groups is 3. The highest BCUT2D eigenvalue weighted by atomic mass is 35.5. The summed E-state index contributed by atoms with van der Waals surface area (Å²) in [5, 5.41) is 9.18. The summed E-state index contributed by atoms with van der Waals surface area (Å²) in [6, 6.07) is 25.2. The molecule has 0 aliphatic heterocycles. The fourth-order valence-corrected chi connectivity index (χ4v) is 5.44. The fourth-order valence-electron chi connectivity index (χ4n) is 3.67. The molecule has 0 heterocycles. The molecule has 0 spiro atoms. The highest BCUT2D eigenvalue weighted by Gasteiger charge is 2.19. The van der Waals surface area contributed by atoms with Gasteiger partial charge in [-0.15, -0.1) is 11.8 Å². The summed E-state index contributed by atoms with van der Waals surface area (Å²) in [7, 11) is 0. The van der Waals surface area contributed by atoms with Crippen molar-refractivity contribution < 1.29 is 14.4 Å². The molecule has 4 aromatic rings. The number of halogens is 4. The molecular formula is C31H23Cl4N3O3S. The number of nitrogens with one attached hydrogen (secondary N) is 3. The van der Waals surface area contributed by atoms with Crippen LogP contribution in [0.15, 0.2) is 102 Å². The first kappa shape index (κ1) is 31.5. The normalized spacial score (nSPS) is 11.9. The minimum Gasteiger partial charge on any atom is -0.324 e. The van der Waals surface area contributed by atoms with Crippen molar-refractivity contribution in [2.45, 2.75) is 17.1 Å². The van der Waals surface area contributed by atoms with E-state index in [1.807, 2.05) is 6.07 Å². The van der Waals surface area contributed by atoms with Crippen LogP contribution < -0.4 is 16.0 Å². The Morgan fingerprint density at radius 2 is 1.45 bits per heavy atom. The predicted molar refractivity (Wildman–Crippen MR) is 174 cm³/mol. The average Bonchev–Trinajstić information content (AvgIpc) is 2.96. The molecule has 0 saturated heterocycles. The Kier molecular flexibility index (Phi) is 11.0. The number of anilines is 2. The second kappa shape index (κ2) is 14.6. The molecule has 0 bridgehead atoms. The Balaban J connectivity index is 1.52. The smallest absolute Gasteiger partial charge is 0.272 e. The van der Waals surface area contributed by atoms with Gasteiger partial charge >= 0.3 is 0 Å². The minimum atomic E-state index is -0.598. The van der Waals surface area contributed by atoms with E-state index in [4.69, 9.17) is 46.4 Å². The Morgan fingerprint density at radius 1 is 0.762 bits per heavy atom. The van der Waals surface area contributed by atoms with E-state index in [2.05, 4.69) is 16.0 Å². The van der Waals surface area contributed by atoms with E-state index >= 15 is 0 Å². The van der Waals surface area contributed by atoms with Gasteiger partial charge in [-0.25, -0.2) is 0 Å². The van der Waals surface area contributed by atoms with Crippen LogP contribution in [0, 0.1) is 0 Å². The van der Waals surface area contributed by atoms with Crippen LogP contribution in [0.4, 0.5) is 11.4 Å².